The number of benzene rings is 1. The van der Waals surface area contributed by atoms with Gasteiger partial charge < -0.3 is 25.4 Å². The monoisotopic (exact) mass is 347 g/mol. The number of hydrogen-bond donors (Lipinski definition) is 4. The third kappa shape index (κ3) is 3.53. The standard InChI is InChI=1S/C16H17N3O6/c20-8-9-7-12(22)15(25-9)19-6-5-13(18-16(19)24)17-14(23)10-3-1-2-4-11(10)21/h1-6,9,12,15,20-22H,7-8H2,(H,17,18,23,24). The number of phenols is 1. The molecule has 1 fully saturated rings. The van der Waals surface area contributed by atoms with Crippen molar-refractivity contribution in [1.29, 1.82) is 0 Å². The molecular formula is C16H17N3O6. The van der Waals surface area contributed by atoms with Gasteiger partial charge in [0, 0.05) is 12.6 Å². The molecule has 0 bridgehead atoms. The number of aliphatic hydroxyl groups excluding tert-OH is 2. The maximum absolute atomic E-state index is 12.2. The molecule has 1 aliphatic rings. The van der Waals surface area contributed by atoms with Gasteiger partial charge in [0.15, 0.2) is 6.23 Å². The number of carbonyl (C=O) groups excluding carboxylic acids is 1. The van der Waals surface area contributed by atoms with Gasteiger partial charge in [-0.1, -0.05) is 12.1 Å². The van der Waals surface area contributed by atoms with Crippen molar-refractivity contribution in [1.82, 2.24) is 9.55 Å². The van der Waals surface area contributed by atoms with E-state index in [4.69, 9.17) is 9.84 Å². The fourth-order valence-electron chi connectivity index (χ4n) is 2.62. The summed E-state index contributed by atoms with van der Waals surface area (Å²) in [4.78, 5) is 28.0. The summed E-state index contributed by atoms with van der Waals surface area (Å²) < 4.78 is 6.49. The van der Waals surface area contributed by atoms with E-state index >= 15 is 0 Å². The highest BCUT2D eigenvalue weighted by Crippen LogP contribution is 2.27. The van der Waals surface area contributed by atoms with E-state index in [0.717, 1.165) is 4.57 Å². The molecule has 2 aromatic rings. The molecule has 25 heavy (non-hydrogen) atoms. The number of carbonyl (C=O) groups is 1. The van der Waals surface area contributed by atoms with Crippen molar-refractivity contribution in [3.05, 3.63) is 52.6 Å². The van der Waals surface area contributed by atoms with Gasteiger partial charge in [0.1, 0.15) is 17.7 Å². The van der Waals surface area contributed by atoms with Gasteiger partial charge in [0.05, 0.1) is 18.3 Å². The van der Waals surface area contributed by atoms with Gasteiger partial charge in [-0.05, 0) is 18.2 Å². The Bertz CT molecular complexity index is 837. The number of aromatic hydroxyl groups is 1. The van der Waals surface area contributed by atoms with E-state index in [9.17, 15) is 19.8 Å². The van der Waals surface area contributed by atoms with Crippen LogP contribution in [0.5, 0.6) is 5.75 Å². The highest BCUT2D eigenvalue weighted by Gasteiger charge is 2.35. The average molecular weight is 347 g/mol. The topological polar surface area (TPSA) is 134 Å². The molecule has 1 saturated heterocycles. The fourth-order valence-corrected chi connectivity index (χ4v) is 2.62. The van der Waals surface area contributed by atoms with Crippen LogP contribution in [0.3, 0.4) is 0 Å². The molecule has 1 aromatic heterocycles. The van der Waals surface area contributed by atoms with Crippen molar-refractivity contribution in [3.8, 4) is 5.75 Å². The van der Waals surface area contributed by atoms with Crippen LogP contribution in [0.2, 0.25) is 0 Å². The molecule has 1 aliphatic heterocycles. The van der Waals surface area contributed by atoms with Crippen molar-refractivity contribution in [2.24, 2.45) is 0 Å². The van der Waals surface area contributed by atoms with Crippen molar-refractivity contribution in [3.63, 3.8) is 0 Å². The Balaban J connectivity index is 1.78. The minimum atomic E-state index is -0.946. The van der Waals surface area contributed by atoms with Gasteiger partial charge in [0.2, 0.25) is 0 Å². The van der Waals surface area contributed by atoms with Crippen LogP contribution in [0.15, 0.2) is 41.3 Å². The Kier molecular flexibility index (Phi) is 4.79. The third-order valence-corrected chi connectivity index (χ3v) is 3.86. The predicted octanol–water partition coefficient (Wildman–Crippen LogP) is -0.158. The number of aliphatic hydroxyl groups is 2. The SMILES string of the molecule is O=C(Nc1ccn(C2OC(CO)CC2O)c(=O)n1)c1ccccc1O. The van der Waals surface area contributed by atoms with Crippen LogP contribution in [0.1, 0.15) is 23.0 Å². The molecule has 0 spiro atoms. The lowest BCUT2D eigenvalue weighted by Gasteiger charge is -2.17. The van der Waals surface area contributed by atoms with Crippen LogP contribution in [0, 0.1) is 0 Å². The Morgan fingerprint density at radius 1 is 1.36 bits per heavy atom. The lowest BCUT2D eigenvalue weighted by atomic mass is 10.2. The fraction of sp³-hybridized carbons (Fsp3) is 0.312. The minimum absolute atomic E-state index is 0.000646. The summed E-state index contributed by atoms with van der Waals surface area (Å²) >= 11 is 0. The van der Waals surface area contributed by atoms with E-state index in [1.807, 2.05) is 0 Å². The number of amides is 1. The van der Waals surface area contributed by atoms with Gasteiger partial charge in [-0.15, -0.1) is 0 Å². The third-order valence-electron chi connectivity index (χ3n) is 3.86. The molecular weight excluding hydrogens is 330 g/mol. The molecule has 132 valence electrons. The molecule has 3 atom stereocenters. The Morgan fingerprint density at radius 3 is 2.76 bits per heavy atom. The maximum Gasteiger partial charge on any atom is 0.351 e. The summed E-state index contributed by atoms with van der Waals surface area (Å²) in [6, 6.07) is 7.36. The molecule has 9 nitrogen and oxygen atoms in total. The van der Waals surface area contributed by atoms with E-state index in [1.165, 1.54) is 24.4 Å². The zero-order valence-corrected chi connectivity index (χ0v) is 13.1. The number of hydrogen-bond acceptors (Lipinski definition) is 7. The summed E-state index contributed by atoms with van der Waals surface area (Å²) in [5, 5.41) is 31.1. The van der Waals surface area contributed by atoms with Crippen LogP contribution in [0.4, 0.5) is 5.82 Å². The van der Waals surface area contributed by atoms with Crippen molar-refractivity contribution in [2.75, 3.05) is 11.9 Å². The molecule has 9 heteroatoms. The molecule has 2 heterocycles. The lowest BCUT2D eigenvalue weighted by molar-refractivity contribution is -0.0529. The van der Waals surface area contributed by atoms with Gasteiger partial charge in [-0.25, -0.2) is 4.79 Å². The molecule has 1 aromatic carbocycles. The van der Waals surface area contributed by atoms with Gasteiger partial charge >= 0.3 is 5.69 Å². The smallest absolute Gasteiger partial charge is 0.351 e. The van der Waals surface area contributed by atoms with Crippen LogP contribution in [0.25, 0.3) is 0 Å². The van der Waals surface area contributed by atoms with E-state index in [1.54, 1.807) is 12.1 Å². The highest BCUT2D eigenvalue weighted by atomic mass is 16.5. The number of nitrogens with one attached hydrogen (secondary N) is 1. The number of ether oxygens (including phenoxy) is 1. The zero-order valence-electron chi connectivity index (χ0n) is 13.1. The van der Waals surface area contributed by atoms with E-state index < -0.39 is 30.0 Å². The van der Waals surface area contributed by atoms with E-state index in [-0.39, 0.29) is 30.2 Å². The number of aromatic nitrogens is 2. The first-order valence-corrected chi connectivity index (χ1v) is 7.62. The van der Waals surface area contributed by atoms with E-state index in [2.05, 4.69) is 10.3 Å². The number of para-hydroxylation sites is 1. The first-order chi connectivity index (χ1) is 12.0. The van der Waals surface area contributed by atoms with Crippen LogP contribution in [-0.2, 0) is 4.74 Å². The molecule has 1 amide bonds. The zero-order chi connectivity index (χ0) is 18.0. The molecule has 4 N–H and O–H groups in total. The lowest BCUT2D eigenvalue weighted by Crippen LogP contribution is -2.32. The van der Waals surface area contributed by atoms with Crippen molar-refractivity contribution >= 4 is 11.7 Å². The van der Waals surface area contributed by atoms with Crippen LogP contribution >= 0.6 is 0 Å². The second kappa shape index (κ2) is 7.01. The molecule has 0 aliphatic carbocycles. The minimum Gasteiger partial charge on any atom is -0.507 e. The Hall–Kier alpha value is -2.75. The molecule has 3 rings (SSSR count). The Morgan fingerprint density at radius 2 is 2.12 bits per heavy atom. The quantitative estimate of drug-likeness (QED) is 0.604. The number of rotatable bonds is 4. The highest BCUT2D eigenvalue weighted by molar-refractivity contribution is 6.05. The molecule has 3 unspecified atom stereocenters. The van der Waals surface area contributed by atoms with Crippen molar-refractivity contribution < 1.29 is 24.9 Å². The first kappa shape index (κ1) is 17.1. The normalized spacial score (nSPS) is 22.7. The molecule has 0 radical (unpaired) electrons. The van der Waals surface area contributed by atoms with Crippen LogP contribution in [-0.4, -0.2) is 49.6 Å². The second-order valence-electron chi connectivity index (χ2n) is 5.61. The predicted molar refractivity (Wildman–Crippen MR) is 86.2 cm³/mol. The summed E-state index contributed by atoms with van der Waals surface area (Å²) in [6.07, 6.45) is -0.895. The van der Waals surface area contributed by atoms with Gasteiger partial charge in [0.25, 0.3) is 5.91 Å². The number of phenolic OH excluding ortho intramolecular Hbond substituents is 1. The largest absolute Gasteiger partial charge is 0.507 e. The Labute approximate surface area is 142 Å². The van der Waals surface area contributed by atoms with Crippen LogP contribution < -0.4 is 11.0 Å². The summed E-state index contributed by atoms with van der Waals surface area (Å²) in [7, 11) is 0. The molecule has 0 saturated carbocycles. The number of nitrogens with zero attached hydrogens (tertiary/aromatic N) is 2. The average Bonchev–Trinajstić information content (AvgIpc) is 2.96. The summed E-state index contributed by atoms with van der Waals surface area (Å²) in [6.45, 7) is -0.259. The maximum atomic E-state index is 12.2. The van der Waals surface area contributed by atoms with E-state index in [0.29, 0.717) is 0 Å². The van der Waals surface area contributed by atoms with Gasteiger partial charge in [-0.2, -0.15) is 4.98 Å². The first-order valence-electron chi connectivity index (χ1n) is 7.62. The van der Waals surface area contributed by atoms with Gasteiger partial charge in [-0.3, -0.25) is 9.36 Å². The second-order valence-corrected chi connectivity index (χ2v) is 5.61. The number of anilines is 1. The summed E-state index contributed by atoms with van der Waals surface area (Å²) in [5.74, 6) is -0.799. The van der Waals surface area contributed by atoms with Crippen molar-refractivity contribution in [2.45, 2.75) is 24.9 Å². The summed E-state index contributed by atoms with van der Waals surface area (Å²) in [5.41, 5.74) is -0.675.